The molecule has 1 aromatic rings. The molecule has 1 aliphatic heterocycles. The van der Waals surface area contributed by atoms with Gasteiger partial charge in [0.15, 0.2) is 0 Å². The lowest BCUT2D eigenvalue weighted by Crippen LogP contribution is -2.49. The van der Waals surface area contributed by atoms with Gasteiger partial charge in [-0.25, -0.2) is 14.7 Å². The molecule has 0 spiro atoms. The number of hydrogen-bond acceptors (Lipinski definition) is 4. The average Bonchev–Trinajstić information content (AvgIpc) is 3.07. The average molecular weight is 441 g/mol. The minimum absolute atomic E-state index is 0.242. The SMILES string of the molecule is Cc1ccc(NC(=O)[C@H](CC2CCCCC2)N2C(=O)NC(CC3CCCCC3)C2=O)nc1. The molecule has 0 aromatic carbocycles. The standard InChI is InChI=1S/C25H36N4O3/c1-17-12-13-22(26-16-17)28-23(30)21(15-19-10-6-3-7-11-19)29-24(31)20(27-25(29)32)14-18-8-4-2-5-9-18/h12-13,16,18-21H,2-11,14-15H2,1H3,(H,27,32)(H,26,28,30)/t20?,21-/m0/s1. The second-order valence-corrected chi connectivity index (χ2v) is 9.92. The fraction of sp³-hybridized carbons (Fsp3) is 0.680. The van der Waals surface area contributed by atoms with Gasteiger partial charge in [0.1, 0.15) is 17.9 Å². The summed E-state index contributed by atoms with van der Waals surface area (Å²) >= 11 is 0. The van der Waals surface area contributed by atoms with E-state index < -0.39 is 18.1 Å². The molecule has 1 saturated heterocycles. The summed E-state index contributed by atoms with van der Waals surface area (Å²) in [7, 11) is 0. The maximum absolute atomic E-state index is 13.3. The molecule has 32 heavy (non-hydrogen) atoms. The highest BCUT2D eigenvalue weighted by Crippen LogP contribution is 2.32. The third-order valence-electron chi connectivity index (χ3n) is 7.40. The van der Waals surface area contributed by atoms with Crippen molar-refractivity contribution in [2.75, 3.05) is 5.32 Å². The predicted octanol–water partition coefficient (Wildman–Crippen LogP) is 4.56. The van der Waals surface area contributed by atoms with Gasteiger partial charge in [0.2, 0.25) is 5.91 Å². The van der Waals surface area contributed by atoms with Crippen LogP contribution in [0.4, 0.5) is 10.6 Å². The summed E-state index contributed by atoms with van der Waals surface area (Å²) in [6.07, 6.45) is 14.4. The Morgan fingerprint density at radius 3 is 2.34 bits per heavy atom. The summed E-state index contributed by atoms with van der Waals surface area (Å²) in [6, 6.07) is 1.90. The molecule has 1 unspecified atom stereocenters. The van der Waals surface area contributed by atoms with Gasteiger partial charge in [0, 0.05) is 6.20 Å². The lowest BCUT2D eigenvalue weighted by Gasteiger charge is -2.30. The van der Waals surface area contributed by atoms with Crippen molar-refractivity contribution < 1.29 is 14.4 Å². The number of hydrogen-bond donors (Lipinski definition) is 2. The van der Waals surface area contributed by atoms with E-state index in [1.807, 2.05) is 13.0 Å². The maximum atomic E-state index is 13.3. The third kappa shape index (κ3) is 5.48. The predicted molar refractivity (Wildman–Crippen MR) is 123 cm³/mol. The fourth-order valence-corrected chi connectivity index (χ4v) is 5.58. The Kier molecular flexibility index (Phi) is 7.43. The summed E-state index contributed by atoms with van der Waals surface area (Å²) in [5, 5.41) is 5.74. The zero-order chi connectivity index (χ0) is 22.5. The van der Waals surface area contributed by atoms with E-state index in [1.165, 1.54) is 30.6 Å². The molecule has 2 heterocycles. The summed E-state index contributed by atoms with van der Waals surface area (Å²) in [6.45, 7) is 1.93. The van der Waals surface area contributed by atoms with Crippen LogP contribution in [0.2, 0.25) is 0 Å². The van der Waals surface area contributed by atoms with E-state index in [0.29, 0.717) is 30.5 Å². The number of amides is 4. The number of aromatic nitrogens is 1. The van der Waals surface area contributed by atoms with Crippen LogP contribution in [0.25, 0.3) is 0 Å². The summed E-state index contributed by atoms with van der Waals surface area (Å²) in [5.74, 6) is 0.700. The number of pyridine rings is 1. The second-order valence-electron chi connectivity index (χ2n) is 9.92. The Labute approximate surface area is 190 Å². The van der Waals surface area contributed by atoms with E-state index in [1.54, 1.807) is 12.3 Å². The van der Waals surface area contributed by atoms with E-state index in [2.05, 4.69) is 15.6 Å². The lowest BCUT2D eigenvalue weighted by atomic mass is 9.83. The van der Waals surface area contributed by atoms with Gasteiger partial charge in [-0.15, -0.1) is 0 Å². The van der Waals surface area contributed by atoms with Crippen molar-refractivity contribution in [3.05, 3.63) is 23.9 Å². The molecule has 3 aliphatic rings. The van der Waals surface area contributed by atoms with Crippen molar-refractivity contribution in [3.63, 3.8) is 0 Å². The first-order valence-electron chi connectivity index (χ1n) is 12.4. The largest absolute Gasteiger partial charge is 0.326 e. The van der Waals surface area contributed by atoms with E-state index in [0.717, 1.165) is 44.1 Å². The molecule has 2 aliphatic carbocycles. The van der Waals surface area contributed by atoms with Crippen molar-refractivity contribution in [1.82, 2.24) is 15.2 Å². The first kappa shape index (κ1) is 22.7. The van der Waals surface area contributed by atoms with Crippen LogP contribution < -0.4 is 10.6 Å². The van der Waals surface area contributed by atoms with E-state index in [9.17, 15) is 14.4 Å². The minimum atomic E-state index is -0.801. The van der Waals surface area contributed by atoms with Crippen molar-refractivity contribution in [1.29, 1.82) is 0 Å². The fourth-order valence-electron chi connectivity index (χ4n) is 5.58. The number of urea groups is 1. The molecule has 2 atom stereocenters. The third-order valence-corrected chi connectivity index (χ3v) is 7.40. The molecule has 2 N–H and O–H groups in total. The quantitative estimate of drug-likeness (QED) is 0.608. The Bertz CT molecular complexity index is 813. The molecule has 0 bridgehead atoms. The van der Waals surface area contributed by atoms with Crippen LogP contribution in [0.3, 0.4) is 0 Å². The van der Waals surface area contributed by atoms with Gasteiger partial charge in [0.25, 0.3) is 5.91 Å². The topological polar surface area (TPSA) is 91.4 Å². The zero-order valence-corrected chi connectivity index (χ0v) is 19.1. The van der Waals surface area contributed by atoms with E-state index >= 15 is 0 Å². The van der Waals surface area contributed by atoms with Gasteiger partial charge in [-0.3, -0.25) is 9.59 Å². The minimum Gasteiger partial charge on any atom is -0.326 e. The normalized spacial score (nSPS) is 23.8. The van der Waals surface area contributed by atoms with Crippen molar-refractivity contribution in [2.45, 2.75) is 96.1 Å². The van der Waals surface area contributed by atoms with Crippen LogP contribution in [-0.4, -0.2) is 39.8 Å². The first-order chi connectivity index (χ1) is 15.5. The number of carbonyl (C=O) groups excluding carboxylic acids is 3. The van der Waals surface area contributed by atoms with Crippen LogP contribution in [0, 0.1) is 18.8 Å². The Morgan fingerprint density at radius 1 is 1.06 bits per heavy atom. The number of imide groups is 1. The van der Waals surface area contributed by atoms with Gasteiger partial charge in [-0.2, -0.15) is 0 Å². The van der Waals surface area contributed by atoms with Gasteiger partial charge in [0.05, 0.1) is 0 Å². The molecule has 0 radical (unpaired) electrons. The summed E-state index contributed by atoms with van der Waals surface area (Å²) in [4.78, 5) is 45.0. The number of nitrogens with zero attached hydrogens (tertiary/aromatic N) is 2. The van der Waals surface area contributed by atoms with Crippen molar-refractivity contribution >= 4 is 23.7 Å². The molecule has 174 valence electrons. The molecule has 4 rings (SSSR count). The van der Waals surface area contributed by atoms with E-state index in [4.69, 9.17) is 0 Å². The van der Waals surface area contributed by atoms with Gasteiger partial charge in [-0.1, -0.05) is 70.3 Å². The Morgan fingerprint density at radius 2 is 1.72 bits per heavy atom. The Balaban J connectivity index is 1.49. The molecule has 7 nitrogen and oxygen atoms in total. The lowest BCUT2D eigenvalue weighted by molar-refractivity contribution is -0.134. The number of carbonyl (C=O) groups is 3. The molecule has 2 saturated carbocycles. The van der Waals surface area contributed by atoms with Gasteiger partial charge >= 0.3 is 6.03 Å². The molecule has 4 amide bonds. The number of anilines is 1. The number of rotatable bonds is 7. The number of nitrogens with one attached hydrogen (secondary N) is 2. The van der Waals surface area contributed by atoms with Gasteiger partial charge < -0.3 is 10.6 Å². The Hall–Kier alpha value is -2.44. The van der Waals surface area contributed by atoms with Crippen LogP contribution in [0.5, 0.6) is 0 Å². The zero-order valence-electron chi connectivity index (χ0n) is 19.1. The molecule has 7 heteroatoms. The van der Waals surface area contributed by atoms with Crippen LogP contribution >= 0.6 is 0 Å². The van der Waals surface area contributed by atoms with Crippen molar-refractivity contribution in [3.8, 4) is 0 Å². The van der Waals surface area contributed by atoms with Crippen LogP contribution in [-0.2, 0) is 9.59 Å². The summed E-state index contributed by atoms with van der Waals surface area (Å²) in [5.41, 5.74) is 1.00. The molecule has 3 fully saturated rings. The second kappa shape index (κ2) is 10.5. The van der Waals surface area contributed by atoms with Crippen LogP contribution in [0.15, 0.2) is 18.3 Å². The molecular weight excluding hydrogens is 404 g/mol. The first-order valence-corrected chi connectivity index (χ1v) is 12.4. The van der Waals surface area contributed by atoms with Crippen LogP contribution in [0.1, 0.15) is 82.6 Å². The number of aryl methyl sites for hydroxylation is 1. The maximum Gasteiger partial charge on any atom is 0.325 e. The highest BCUT2D eigenvalue weighted by Gasteiger charge is 2.45. The highest BCUT2D eigenvalue weighted by atomic mass is 16.2. The smallest absolute Gasteiger partial charge is 0.325 e. The molecule has 1 aromatic heterocycles. The highest BCUT2D eigenvalue weighted by molar-refractivity contribution is 6.09. The van der Waals surface area contributed by atoms with E-state index in [-0.39, 0.29) is 11.8 Å². The summed E-state index contributed by atoms with van der Waals surface area (Å²) < 4.78 is 0. The molecular formula is C25H36N4O3. The van der Waals surface area contributed by atoms with Gasteiger partial charge in [-0.05, 0) is 43.2 Å². The van der Waals surface area contributed by atoms with Crippen molar-refractivity contribution in [2.24, 2.45) is 11.8 Å². The monoisotopic (exact) mass is 440 g/mol.